The fourth-order valence-electron chi connectivity index (χ4n) is 3.68. The maximum atomic E-state index is 13.1. The highest BCUT2D eigenvalue weighted by Crippen LogP contribution is 2.26. The zero-order valence-electron chi connectivity index (χ0n) is 20.1. The van der Waals surface area contributed by atoms with E-state index in [1.54, 1.807) is 30.5 Å². The molecule has 0 aliphatic heterocycles. The van der Waals surface area contributed by atoms with Crippen LogP contribution in [0, 0.1) is 10.1 Å². The summed E-state index contributed by atoms with van der Waals surface area (Å²) in [4.78, 5) is 32.8. The molecule has 11 heteroatoms. The van der Waals surface area contributed by atoms with Crippen LogP contribution in [0.5, 0.6) is 0 Å². The maximum Gasteiger partial charge on any atom is 0.267 e. The van der Waals surface area contributed by atoms with Gasteiger partial charge in [-0.2, -0.15) is 0 Å². The molecule has 10 nitrogen and oxygen atoms in total. The van der Waals surface area contributed by atoms with Crippen molar-refractivity contribution in [3.63, 3.8) is 0 Å². The smallest absolute Gasteiger partial charge is 0.267 e. The Morgan fingerprint density at radius 3 is 2.73 bits per heavy atom. The van der Waals surface area contributed by atoms with Crippen molar-refractivity contribution in [2.24, 2.45) is 4.99 Å². The maximum absolute atomic E-state index is 13.1. The van der Waals surface area contributed by atoms with Crippen molar-refractivity contribution in [1.82, 2.24) is 4.98 Å². The van der Waals surface area contributed by atoms with Crippen LogP contribution in [0.3, 0.4) is 0 Å². The van der Waals surface area contributed by atoms with Gasteiger partial charge >= 0.3 is 0 Å². The topological polar surface area (TPSA) is 131 Å². The van der Waals surface area contributed by atoms with Gasteiger partial charge in [0.2, 0.25) is 0 Å². The molecule has 0 fully saturated rings. The highest BCUT2D eigenvalue weighted by Gasteiger charge is 2.15. The number of ether oxygens (including phenoxy) is 1. The first-order chi connectivity index (χ1) is 18.0. The van der Waals surface area contributed by atoms with Gasteiger partial charge in [-0.15, -0.1) is 11.3 Å². The molecule has 2 aromatic carbocycles. The number of benzene rings is 2. The monoisotopic (exact) mass is 518 g/mol. The number of nitrogens with zero attached hydrogens (tertiary/aromatic N) is 3. The van der Waals surface area contributed by atoms with Gasteiger partial charge in [0.15, 0.2) is 5.84 Å². The Bertz CT molecular complexity index is 1420. The summed E-state index contributed by atoms with van der Waals surface area (Å²) >= 11 is 1.34. The number of methoxy groups -OCH3 is 1. The summed E-state index contributed by atoms with van der Waals surface area (Å²) in [7, 11) is 1.54. The molecule has 0 saturated carbocycles. The van der Waals surface area contributed by atoms with E-state index in [1.165, 1.54) is 18.4 Å². The third-order valence-corrected chi connectivity index (χ3v) is 6.28. The minimum absolute atomic E-state index is 0.207. The molecule has 0 radical (unpaired) electrons. The summed E-state index contributed by atoms with van der Waals surface area (Å²) in [6.07, 6.45) is 1.78. The molecule has 0 aliphatic carbocycles. The first-order valence-corrected chi connectivity index (χ1v) is 12.4. The molecule has 0 unspecified atom stereocenters. The lowest BCUT2D eigenvalue weighted by atomic mass is 10.1. The molecule has 2 aromatic heterocycles. The number of hydrogen-bond acceptors (Lipinski definition) is 8. The first kappa shape index (κ1) is 25.7. The Labute approximate surface area is 217 Å². The summed E-state index contributed by atoms with van der Waals surface area (Å²) in [6, 6.07) is 18.7. The van der Waals surface area contributed by atoms with Gasteiger partial charge in [-0.05, 0) is 47.3 Å². The molecule has 2 heterocycles. The fourth-order valence-corrected chi connectivity index (χ4v) is 4.44. The summed E-state index contributed by atoms with van der Waals surface area (Å²) < 4.78 is 4.96. The number of thiophene rings is 1. The standard InChI is InChI=1S/C26H26N6O4S/c1-36-13-12-28-24(17-32(34)35)30-19-5-4-6-20(15-19)31-26(33)25-23(10-14-37-25)29-16-18-9-11-27-22-8-3-2-7-21(18)22/h2-11,14-15,29H,12-13,16-17H2,1H3,(H,28,30)(H,31,33). The Kier molecular flexibility index (Phi) is 8.74. The number of amidine groups is 1. The molecule has 0 saturated heterocycles. The molecule has 4 aromatic rings. The number of nitrogens with one attached hydrogen (secondary N) is 3. The van der Waals surface area contributed by atoms with Crippen LogP contribution < -0.4 is 16.0 Å². The molecular weight excluding hydrogens is 492 g/mol. The van der Waals surface area contributed by atoms with E-state index < -0.39 is 11.5 Å². The molecule has 0 spiro atoms. The Hall–Kier alpha value is -4.35. The number of aromatic nitrogens is 1. The number of carbonyl (C=O) groups is 1. The number of hydrogen-bond donors (Lipinski definition) is 3. The lowest BCUT2D eigenvalue weighted by Gasteiger charge is -2.12. The normalized spacial score (nSPS) is 11.3. The largest absolute Gasteiger partial charge is 0.383 e. The van der Waals surface area contributed by atoms with E-state index in [-0.39, 0.29) is 11.7 Å². The second-order valence-corrected chi connectivity index (χ2v) is 8.89. The SMILES string of the molecule is COCCN=C(C[N+](=O)[O-])Nc1cccc(NC(=O)c2sccc2NCc2ccnc3ccccc23)c1. The van der Waals surface area contributed by atoms with Crippen LogP contribution in [0.4, 0.5) is 17.1 Å². The second kappa shape index (κ2) is 12.6. The second-order valence-electron chi connectivity index (χ2n) is 7.98. The summed E-state index contributed by atoms with van der Waals surface area (Å²) in [5.74, 6) is -0.0487. The highest BCUT2D eigenvalue weighted by molar-refractivity contribution is 7.12. The number of carbonyl (C=O) groups excluding carboxylic acids is 1. The predicted octanol–water partition coefficient (Wildman–Crippen LogP) is 4.89. The van der Waals surface area contributed by atoms with Crippen molar-refractivity contribution in [1.29, 1.82) is 0 Å². The van der Waals surface area contributed by atoms with Crippen molar-refractivity contribution in [3.05, 3.63) is 92.8 Å². The summed E-state index contributed by atoms with van der Waals surface area (Å²) in [5, 5.41) is 23.2. The first-order valence-electron chi connectivity index (χ1n) is 11.5. The highest BCUT2D eigenvalue weighted by atomic mass is 32.1. The van der Waals surface area contributed by atoms with Gasteiger partial charge in [-0.25, -0.2) is 0 Å². The lowest BCUT2D eigenvalue weighted by molar-refractivity contribution is -0.463. The van der Waals surface area contributed by atoms with Crippen molar-refractivity contribution in [2.75, 3.05) is 42.8 Å². The number of fused-ring (bicyclic) bond motifs is 1. The van der Waals surface area contributed by atoms with E-state index in [0.29, 0.717) is 35.9 Å². The van der Waals surface area contributed by atoms with Gasteiger partial charge in [0.05, 0.1) is 24.4 Å². The van der Waals surface area contributed by atoms with E-state index in [4.69, 9.17) is 4.74 Å². The van der Waals surface area contributed by atoms with E-state index in [1.807, 2.05) is 41.8 Å². The molecule has 0 atom stereocenters. The van der Waals surface area contributed by atoms with E-state index in [9.17, 15) is 14.9 Å². The zero-order chi connectivity index (χ0) is 26.0. The van der Waals surface area contributed by atoms with Crippen LogP contribution >= 0.6 is 11.3 Å². The molecule has 4 rings (SSSR count). The minimum Gasteiger partial charge on any atom is -0.383 e. The van der Waals surface area contributed by atoms with E-state index >= 15 is 0 Å². The number of nitro groups is 1. The molecule has 0 bridgehead atoms. The van der Waals surface area contributed by atoms with Gasteiger partial charge in [0.1, 0.15) is 4.88 Å². The van der Waals surface area contributed by atoms with Gasteiger partial charge in [0, 0.05) is 41.5 Å². The van der Waals surface area contributed by atoms with Crippen LogP contribution in [-0.4, -0.2) is 48.5 Å². The van der Waals surface area contributed by atoms with E-state index in [2.05, 4.69) is 25.9 Å². The number of rotatable bonds is 11. The quantitative estimate of drug-likeness (QED) is 0.0847. The van der Waals surface area contributed by atoms with Gasteiger partial charge in [0.25, 0.3) is 12.5 Å². The van der Waals surface area contributed by atoms with Gasteiger partial charge < -0.3 is 20.7 Å². The van der Waals surface area contributed by atoms with Crippen LogP contribution in [-0.2, 0) is 11.3 Å². The van der Waals surface area contributed by atoms with Crippen molar-refractivity contribution < 1.29 is 14.5 Å². The number of aliphatic imine (C=N–C) groups is 1. The van der Waals surface area contributed by atoms with Crippen molar-refractivity contribution in [2.45, 2.75) is 6.54 Å². The number of amides is 1. The molecule has 3 N–H and O–H groups in total. The minimum atomic E-state index is -0.454. The summed E-state index contributed by atoms with van der Waals surface area (Å²) in [6.45, 7) is 0.748. The van der Waals surface area contributed by atoms with Crippen LogP contribution in [0.1, 0.15) is 15.2 Å². The van der Waals surface area contributed by atoms with Crippen molar-refractivity contribution in [3.8, 4) is 0 Å². The molecule has 1 amide bonds. The van der Waals surface area contributed by atoms with Crippen LogP contribution in [0.2, 0.25) is 0 Å². The number of pyridine rings is 1. The number of para-hydroxylation sites is 1. The Morgan fingerprint density at radius 2 is 1.92 bits per heavy atom. The third-order valence-electron chi connectivity index (χ3n) is 5.37. The van der Waals surface area contributed by atoms with Gasteiger partial charge in [-0.3, -0.25) is 24.9 Å². The zero-order valence-corrected chi connectivity index (χ0v) is 21.0. The van der Waals surface area contributed by atoms with Crippen LogP contribution in [0.25, 0.3) is 10.9 Å². The molecular formula is C26H26N6O4S. The average Bonchev–Trinajstić information content (AvgIpc) is 3.36. The Morgan fingerprint density at radius 1 is 1.11 bits per heavy atom. The molecule has 0 aliphatic rings. The van der Waals surface area contributed by atoms with Crippen LogP contribution in [0.15, 0.2) is 77.2 Å². The fraction of sp³-hybridized carbons (Fsp3) is 0.192. The van der Waals surface area contributed by atoms with E-state index in [0.717, 1.165) is 22.2 Å². The van der Waals surface area contributed by atoms with Crippen molar-refractivity contribution >= 4 is 51.0 Å². The van der Waals surface area contributed by atoms with Gasteiger partial charge in [-0.1, -0.05) is 24.3 Å². The average molecular weight is 519 g/mol. The lowest BCUT2D eigenvalue weighted by Crippen LogP contribution is -2.23. The third kappa shape index (κ3) is 7.09. The summed E-state index contributed by atoms with van der Waals surface area (Å²) in [5.41, 5.74) is 3.86. The number of anilines is 3. The predicted molar refractivity (Wildman–Crippen MR) is 147 cm³/mol. The molecule has 190 valence electrons. The Balaban J connectivity index is 1.43. The molecule has 37 heavy (non-hydrogen) atoms.